The van der Waals surface area contributed by atoms with E-state index in [9.17, 15) is 36.7 Å². The first kappa shape index (κ1) is 50.7. The number of ketones is 1. The number of nitrogens with one attached hydrogen (secondary N) is 2. The molecule has 63 heavy (non-hydrogen) atoms. The number of piperidine rings is 2. The van der Waals surface area contributed by atoms with Crippen LogP contribution in [0.2, 0.25) is 13.0 Å². The smallest absolute Gasteiger partial charge is 0.299 e. The van der Waals surface area contributed by atoms with Crippen LogP contribution in [0.3, 0.4) is 0 Å². The van der Waals surface area contributed by atoms with Gasteiger partial charge in [0.2, 0.25) is 11.8 Å². The zero-order valence-corrected chi connectivity index (χ0v) is 37.8. The number of carbonyl (C=O) groups excluding carboxylic acids is 4. The van der Waals surface area contributed by atoms with Crippen molar-refractivity contribution < 1.29 is 55.7 Å². The van der Waals surface area contributed by atoms with Gasteiger partial charge in [0.25, 0.3) is 12.7 Å². The van der Waals surface area contributed by atoms with E-state index < -0.39 is 41.1 Å². The fourth-order valence-electron chi connectivity index (χ4n) is 6.37. The summed E-state index contributed by atoms with van der Waals surface area (Å²) in [6.07, 6.45) is 1.80. The standard InChI is InChI=1S/C19H18ClF2NO3S.C12H14F2N2O2.C5H2ClNOS.C5H3ClO2S/c1-26-12-6-15(21)19(16(22)7-12)14-8-18(25)23-9-10(14)4-11(24)5-13-2-3-17(20)27-13;1-18-6-2-8(13)12(9(14)3-6)7-4-11(17)16-5-10(7)15;2*6-4-1-2-5(9-4)8-3-7/h2-3,6-7,10,14H,4-5,8-9H2,1H3,(H,23,25);2-3,7,10H,4-5,15H2,1H3,(H,16,17);1-2H;1-3H/t10-,14?;7?,10-;;/m11../s1. The van der Waals surface area contributed by atoms with Crippen LogP contribution in [-0.2, 0) is 25.6 Å². The lowest BCUT2D eigenvalue weighted by Gasteiger charge is -2.32. The number of hydrogen-bond acceptors (Lipinski definition) is 13. The van der Waals surface area contributed by atoms with Crippen molar-refractivity contribution in [1.29, 1.82) is 5.26 Å². The number of nitrogens with two attached hydrogens (primary N) is 1. The molecule has 2 aliphatic rings. The number of methoxy groups -OCH3 is 2. The minimum Gasteiger partial charge on any atom is -0.497 e. The van der Waals surface area contributed by atoms with Crippen molar-refractivity contribution in [2.75, 3.05) is 27.3 Å². The molecule has 5 heterocycles. The van der Waals surface area contributed by atoms with Crippen LogP contribution >= 0.6 is 68.8 Å². The number of hydrogen-bond donors (Lipinski definition) is 3. The molecule has 0 spiro atoms. The molecule has 12 nitrogen and oxygen atoms in total. The fourth-order valence-corrected chi connectivity index (χ4v) is 9.16. The van der Waals surface area contributed by atoms with Gasteiger partial charge in [0.15, 0.2) is 10.1 Å². The van der Waals surface area contributed by atoms with Crippen LogP contribution in [0, 0.1) is 40.7 Å². The van der Waals surface area contributed by atoms with Crippen molar-refractivity contribution >= 4 is 92.9 Å². The van der Waals surface area contributed by atoms with Crippen molar-refractivity contribution in [1.82, 2.24) is 10.6 Å². The zero-order chi connectivity index (χ0) is 46.2. The van der Waals surface area contributed by atoms with Crippen LogP contribution in [0.15, 0.2) is 60.7 Å². The number of carbonyl (C=O) groups is 4. The number of Topliss-reactive ketones (excluding diaryl/α,β-unsaturated/α-hetero) is 1. The molecule has 2 aliphatic heterocycles. The molecule has 336 valence electrons. The monoisotopic (exact) mass is 990 g/mol. The summed E-state index contributed by atoms with van der Waals surface area (Å²) in [4.78, 5) is 46.2. The molecule has 2 fully saturated rings. The third kappa shape index (κ3) is 15.4. The summed E-state index contributed by atoms with van der Waals surface area (Å²) < 4.78 is 77.2. The average Bonchev–Trinajstić information content (AvgIpc) is 3.97. The summed E-state index contributed by atoms with van der Waals surface area (Å²) in [5, 5.41) is 14.3. The molecular formula is C41H37Cl3F4N4O8S3. The molecule has 2 saturated heterocycles. The number of nitrogens with zero attached hydrogens (tertiary/aromatic N) is 1. The van der Waals surface area contributed by atoms with Crippen LogP contribution in [0.25, 0.3) is 0 Å². The highest BCUT2D eigenvalue weighted by Crippen LogP contribution is 2.38. The van der Waals surface area contributed by atoms with Crippen LogP contribution in [-0.4, -0.2) is 57.4 Å². The highest BCUT2D eigenvalue weighted by molar-refractivity contribution is 7.18. The minimum atomic E-state index is -0.769. The van der Waals surface area contributed by atoms with Gasteiger partial charge in [-0.2, -0.15) is 0 Å². The summed E-state index contributed by atoms with van der Waals surface area (Å²) >= 11 is 20.7. The molecule has 5 aromatic rings. The van der Waals surface area contributed by atoms with Crippen molar-refractivity contribution in [3.05, 3.63) is 113 Å². The highest BCUT2D eigenvalue weighted by atomic mass is 35.5. The van der Waals surface area contributed by atoms with Crippen molar-refractivity contribution in [2.24, 2.45) is 11.7 Å². The first-order valence-electron chi connectivity index (χ1n) is 18.3. The predicted octanol–water partition coefficient (Wildman–Crippen LogP) is 9.21. The van der Waals surface area contributed by atoms with Crippen molar-refractivity contribution in [3.8, 4) is 27.9 Å². The Bertz CT molecular complexity index is 2370. The molecule has 0 aliphatic carbocycles. The number of rotatable bonds is 11. The normalized spacial score (nSPS) is 17.7. The van der Waals surface area contributed by atoms with Crippen molar-refractivity contribution in [3.63, 3.8) is 0 Å². The first-order chi connectivity index (χ1) is 30.0. The third-order valence-electron chi connectivity index (χ3n) is 9.21. The number of nitriles is 1. The van der Waals surface area contributed by atoms with Crippen LogP contribution in [0.5, 0.6) is 21.6 Å². The second-order valence-electron chi connectivity index (χ2n) is 13.3. The molecule has 4 N–H and O–H groups in total. The maximum atomic E-state index is 14.5. The molecule has 22 heteroatoms. The predicted molar refractivity (Wildman–Crippen MR) is 232 cm³/mol. The van der Waals surface area contributed by atoms with Crippen LogP contribution in [0.4, 0.5) is 17.6 Å². The largest absolute Gasteiger partial charge is 0.497 e. The van der Waals surface area contributed by atoms with Crippen LogP contribution < -0.4 is 35.3 Å². The summed E-state index contributed by atoms with van der Waals surface area (Å²) in [6.45, 7) is 0.794. The van der Waals surface area contributed by atoms with Gasteiger partial charge in [-0.25, -0.2) is 17.6 Å². The number of ether oxygens (including phenoxy) is 4. The lowest BCUT2D eigenvalue weighted by molar-refractivity contribution is -0.125. The highest BCUT2D eigenvalue weighted by Gasteiger charge is 2.36. The summed E-state index contributed by atoms with van der Waals surface area (Å²) in [5.41, 5.74) is 5.50. The average molecular weight is 992 g/mol. The zero-order valence-electron chi connectivity index (χ0n) is 33.1. The number of benzene rings is 2. The van der Waals surface area contributed by atoms with E-state index in [1.54, 1.807) is 42.7 Å². The lowest BCUT2D eigenvalue weighted by atomic mass is 9.77. The van der Waals surface area contributed by atoms with Gasteiger partial charge in [-0.1, -0.05) is 57.5 Å². The third-order valence-corrected chi connectivity index (χ3v) is 12.7. The first-order valence-corrected chi connectivity index (χ1v) is 21.9. The Balaban J connectivity index is 0.000000206. The SMILES string of the molecule is COc1cc(F)c(C2CC(=O)NC[C@H]2CC(=O)Cc2ccc(Cl)s2)c(F)c1.COc1cc(F)c(C2CC(=O)NC[C@H]2N)c(F)c1.N#COc1ccc(Cl)s1.O=COc1ccc(Cl)s1. The minimum absolute atomic E-state index is 0.0126. The van der Waals surface area contributed by atoms with Gasteiger partial charge < -0.3 is 35.3 Å². The van der Waals surface area contributed by atoms with Crippen LogP contribution in [0.1, 0.15) is 47.1 Å². The Labute approximate surface area is 385 Å². The fraction of sp³-hybridized carbons (Fsp3) is 0.293. The number of halogens is 7. The van der Waals surface area contributed by atoms with Gasteiger partial charge in [0.05, 0.1) is 27.2 Å². The lowest BCUT2D eigenvalue weighted by Crippen LogP contribution is -2.48. The molecule has 0 saturated carbocycles. The quantitative estimate of drug-likeness (QED) is 0.0657. The van der Waals surface area contributed by atoms with E-state index in [-0.39, 0.29) is 84.9 Å². The Morgan fingerprint density at radius 2 is 1.25 bits per heavy atom. The molecular weight excluding hydrogens is 955 g/mol. The van der Waals surface area contributed by atoms with Gasteiger partial charge in [-0.05, 0) is 42.3 Å². The van der Waals surface area contributed by atoms with Gasteiger partial charge in [-0.15, -0.1) is 16.6 Å². The summed E-state index contributed by atoms with van der Waals surface area (Å²) in [5.74, 6) is -5.19. The molecule has 2 unspecified atom stereocenters. The van der Waals surface area contributed by atoms with E-state index in [2.05, 4.69) is 20.1 Å². The maximum Gasteiger partial charge on any atom is 0.299 e. The second-order valence-corrected chi connectivity index (χ2v) is 18.5. The Morgan fingerprint density at radius 1 is 0.778 bits per heavy atom. The Kier molecular flexibility index (Phi) is 19.9. The molecule has 2 aromatic carbocycles. The molecule has 0 bridgehead atoms. The second kappa shape index (κ2) is 24.8. The molecule has 3 aromatic heterocycles. The van der Waals surface area contributed by atoms with Gasteiger partial charge >= 0.3 is 0 Å². The van der Waals surface area contributed by atoms with E-state index >= 15 is 0 Å². The maximum absolute atomic E-state index is 14.5. The Hall–Kier alpha value is -4.94. The summed E-state index contributed by atoms with van der Waals surface area (Å²) in [7, 11) is 2.65. The molecule has 2 amide bonds. The van der Waals surface area contributed by atoms with Gasteiger partial charge in [-0.3, -0.25) is 19.2 Å². The topological polar surface area (TPSA) is 179 Å². The van der Waals surface area contributed by atoms with E-state index in [1.165, 1.54) is 48.2 Å². The number of thiophene rings is 3. The molecule has 4 atom stereocenters. The van der Waals surface area contributed by atoms with Gasteiger partial charge in [0.1, 0.15) is 40.6 Å². The summed E-state index contributed by atoms with van der Waals surface area (Å²) in [6, 6.07) is 14.0. The van der Waals surface area contributed by atoms with E-state index in [4.69, 9.17) is 55.3 Å². The van der Waals surface area contributed by atoms with Crippen molar-refractivity contribution in [2.45, 2.75) is 43.6 Å². The van der Waals surface area contributed by atoms with Gasteiger partial charge in [0, 0.05) is 96.9 Å². The molecule has 0 radical (unpaired) electrons. The Morgan fingerprint density at radius 3 is 1.71 bits per heavy atom. The van der Waals surface area contributed by atoms with E-state index in [0.717, 1.165) is 29.1 Å². The van der Waals surface area contributed by atoms with E-state index in [0.29, 0.717) is 29.6 Å². The van der Waals surface area contributed by atoms with E-state index in [1.807, 2.05) is 0 Å². The number of amides is 2. The molecule has 7 rings (SSSR count).